The molecule has 1 aliphatic rings. The molecular weight excluding hydrogens is 312 g/mol. The molecule has 2 aromatic rings. The van der Waals surface area contributed by atoms with Crippen molar-refractivity contribution >= 4 is 45.3 Å². The summed E-state index contributed by atoms with van der Waals surface area (Å²) in [6.07, 6.45) is 3.85. The average Bonchev–Trinajstić information content (AvgIpc) is 3.07. The van der Waals surface area contributed by atoms with Gasteiger partial charge in [-0.3, -0.25) is 4.99 Å². The van der Waals surface area contributed by atoms with E-state index in [1.807, 2.05) is 36.4 Å². The number of carbonyl (C=O) groups excluding carboxylic acids is 1. The molecule has 0 amide bonds. The second-order valence-corrected chi connectivity index (χ2v) is 6.07. The van der Waals surface area contributed by atoms with E-state index in [4.69, 9.17) is 4.74 Å². The second kappa shape index (κ2) is 6.75. The van der Waals surface area contributed by atoms with Crippen LogP contribution in [0, 0.1) is 4.91 Å². The molecule has 0 spiro atoms. The summed E-state index contributed by atoms with van der Waals surface area (Å²) in [7, 11) is 1.37. The van der Waals surface area contributed by atoms with E-state index in [-0.39, 0.29) is 5.97 Å². The fourth-order valence-corrected chi connectivity index (χ4v) is 3.23. The van der Waals surface area contributed by atoms with Gasteiger partial charge in [0.1, 0.15) is 5.69 Å². The maximum absolute atomic E-state index is 11.4. The summed E-state index contributed by atoms with van der Waals surface area (Å²) in [6, 6.07) is 10.9. The highest BCUT2D eigenvalue weighted by Gasteiger charge is 2.24. The van der Waals surface area contributed by atoms with E-state index in [9.17, 15) is 9.70 Å². The van der Waals surface area contributed by atoms with Crippen LogP contribution < -0.4 is 0 Å². The molecule has 2 aromatic carbocycles. The molecule has 1 heterocycles. The van der Waals surface area contributed by atoms with E-state index in [1.165, 1.54) is 18.9 Å². The Hall–Kier alpha value is -2.47. The lowest BCUT2D eigenvalue weighted by atomic mass is 10.1. The molecule has 0 saturated heterocycles. The van der Waals surface area contributed by atoms with Crippen LogP contribution in [0.4, 0.5) is 5.69 Å². The van der Waals surface area contributed by atoms with Crippen LogP contribution in [0.2, 0.25) is 0 Å². The van der Waals surface area contributed by atoms with Gasteiger partial charge < -0.3 is 4.74 Å². The number of esters is 1. The van der Waals surface area contributed by atoms with Gasteiger partial charge in [-0.25, -0.2) is 4.79 Å². The molecular formula is C17H14N2O3S. The third-order valence-electron chi connectivity index (χ3n) is 3.52. The Morgan fingerprint density at radius 3 is 2.83 bits per heavy atom. The number of methoxy groups -OCH3 is 1. The molecule has 23 heavy (non-hydrogen) atoms. The van der Waals surface area contributed by atoms with E-state index < -0.39 is 6.04 Å². The second-order valence-electron chi connectivity index (χ2n) is 5.03. The zero-order chi connectivity index (χ0) is 16.2. The predicted molar refractivity (Wildman–Crippen MR) is 94.1 cm³/mol. The van der Waals surface area contributed by atoms with Crippen molar-refractivity contribution in [2.45, 2.75) is 6.04 Å². The van der Waals surface area contributed by atoms with Crippen molar-refractivity contribution < 1.29 is 9.53 Å². The summed E-state index contributed by atoms with van der Waals surface area (Å²) in [5.74, 6) is 0.317. The van der Waals surface area contributed by atoms with Crippen LogP contribution in [0.25, 0.3) is 16.8 Å². The number of nitrogens with zero attached hydrogens (tertiary/aromatic N) is 2. The molecule has 0 saturated carbocycles. The molecule has 0 aliphatic carbocycles. The highest BCUT2D eigenvalue weighted by Crippen LogP contribution is 2.24. The van der Waals surface area contributed by atoms with Crippen LogP contribution in [-0.2, 0) is 9.53 Å². The zero-order valence-corrected chi connectivity index (χ0v) is 13.2. The van der Waals surface area contributed by atoms with Gasteiger partial charge in [0.25, 0.3) is 0 Å². The molecule has 5 nitrogen and oxygen atoms in total. The van der Waals surface area contributed by atoms with E-state index in [2.05, 4.69) is 10.2 Å². The first-order valence-electron chi connectivity index (χ1n) is 7.03. The number of hydrogen-bond donors (Lipinski definition) is 0. The predicted octanol–water partition coefficient (Wildman–Crippen LogP) is 3.94. The summed E-state index contributed by atoms with van der Waals surface area (Å²) in [5, 5.41) is 5.77. The Labute approximate surface area is 137 Å². The number of carbonyl (C=O) groups is 1. The van der Waals surface area contributed by atoms with Crippen molar-refractivity contribution in [1.29, 1.82) is 0 Å². The van der Waals surface area contributed by atoms with Crippen molar-refractivity contribution in [3.8, 4) is 0 Å². The van der Waals surface area contributed by atoms with Gasteiger partial charge in [0.05, 0.1) is 12.2 Å². The Morgan fingerprint density at radius 2 is 2.04 bits per heavy atom. The van der Waals surface area contributed by atoms with Gasteiger partial charge in [-0.1, -0.05) is 24.3 Å². The Balaban J connectivity index is 1.79. The minimum atomic E-state index is -0.407. The number of hydrogen-bond acceptors (Lipinski definition) is 6. The number of benzene rings is 2. The lowest BCUT2D eigenvalue weighted by molar-refractivity contribution is -0.141. The summed E-state index contributed by atoms with van der Waals surface area (Å²) in [4.78, 5) is 26.3. The average molecular weight is 326 g/mol. The van der Waals surface area contributed by atoms with Gasteiger partial charge in [-0.05, 0) is 45.8 Å². The van der Waals surface area contributed by atoms with Crippen LogP contribution in [-0.4, -0.2) is 29.9 Å². The minimum Gasteiger partial charge on any atom is -0.467 e. The van der Waals surface area contributed by atoms with E-state index >= 15 is 0 Å². The number of aliphatic imine (C=N–C) groups is 1. The lowest BCUT2D eigenvalue weighted by Gasteiger charge is -2.00. The molecule has 1 aliphatic heterocycles. The van der Waals surface area contributed by atoms with E-state index in [0.717, 1.165) is 21.4 Å². The molecule has 116 valence electrons. The molecule has 0 aromatic heterocycles. The Bertz CT molecular complexity index is 830. The first-order valence-corrected chi connectivity index (χ1v) is 8.02. The standard InChI is InChI=1S/C17H14N2O3S/c1-22-17(20)15-10-23-16(18-15)7-3-11-2-4-13-9-14(19-21)6-5-12(13)8-11/h2-9,15H,10H2,1H3/b7-3+/t15-/m1/s1. The molecule has 3 rings (SSSR count). The first kappa shape index (κ1) is 15.4. The molecule has 0 bridgehead atoms. The maximum atomic E-state index is 11.4. The fraction of sp³-hybridized carbons (Fsp3) is 0.176. The SMILES string of the molecule is COC(=O)[C@H]1CSC(/C=C/c2ccc3cc(N=O)ccc3c2)=N1. The fourth-order valence-electron chi connectivity index (χ4n) is 2.32. The molecule has 6 heteroatoms. The monoisotopic (exact) mass is 326 g/mol. The first-order chi connectivity index (χ1) is 11.2. The molecule has 0 unspecified atom stereocenters. The summed E-state index contributed by atoms with van der Waals surface area (Å²) < 4.78 is 4.70. The van der Waals surface area contributed by atoms with Crippen LogP contribution in [0.1, 0.15) is 5.56 Å². The topological polar surface area (TPSA) is 68.1 Å². The number of nitroso groups, excluding NO2 is 1. The molecule has 0 N–H and O–H groups in total. The van der Waals surface area contributed by atoms with Gasteiger partial charge in [0.15, 0.2) is 6.04 Å². The van der Waals surface area contributed by atoms with Gasteiger partial charge in [-0.2, -0.15) is 0 Å². The van der Waals surface area contributed by atoms with E-state index in [1.54, 1.807) is 12.1 Å². The highest BCUT2D eigenvalue weighted by atomic mass is 32.2. The molecule has 0 radical (unpaired) electrons. The van der Waals surface area contributed by atoms with Crippen molar-refractivity contribution in [3.05, 3.63) is 52.9 Å². The zero-order valence-electron chi connectivity index (χ0n) is 12.4. The van der Waals surface area contributed by atoms with Crippen LogP contribution >= 0.6 is 11.8 Å². The smallest absolute Gasteiger partial charge is 0.331 e. The summed E-state index contributed by atoms with van der Waals surface area (Å²) >= 11 is 1.54. The Kier molecular flexibility index (Phi) is 4.52. The molecule has 0 fully saturated rings. The van der Waals surface area contributed by atoms with E-state index in [0.29, 0.717) is 11.4 Å². The minimum absolute atomic E-state index is 0.300. The number of ether oxygens (including phenoxy) is 1. The summed E-state index contributed by atoms with van der Waals surface area (Å²) in [6.45, 7) is 0. The number of fused-ring (bicyclic) bond motifs is 1. The van der Waals surface area contributed by atoms with Gasteiger partial charge >= 0.3 is 5.97 Å². The third kappa shape index (κ3) is 3.48. The largest absolute Gasteiger partial charge is 0.467 e. The van der Waals surface area contributed by atoms with Crippen LogP contribution in [0.3, 0.4) is 0 Å². The van der Waals surface area contributed by atoms with Gasteiger partial charge in [0, 0.05) is 5.75 Å². The quantitative estimate of drug-likeness (QED) is 0.630. The Morgan fingerprint density at radius 1 is 1.26 bits per heavy atom. The van der Waals surface area contributed by atoms with Gasteiger partial charge in [-0.15, -0.1) is 16.7 Å². The van der Waals surface area contributed by atoms with Crippen molar-refractivity contribution in [2.75, 3.05) is 12.9 Å². The highest BCUT2D eigenvalue weighted by molar-refractivity contribution is 8.14. The maximum Gasteiger partial charge on any atom is 0.331 e. The third-order valence-corrected chi connectivity index (χ3v) is 4.54. The van der Waals surface area contributed by atoms with Crippen molar-refractivity contribution in [2.24, 2.45) is 10.2 Å². The van der Waals surface area contributed by atoms with Crippen molar-refractivity contribution in [1.82, 2.24) is 0 Å². The van der Waals surface area contributed by atoms with Crippen molar-refractivity contribution in [3.63, 3.8) is 0 Å². The normalized spacial score (nSPS) is 17.4. The summed E-state index contributed by atoms with van der Waals surface area (Å²) in [5.41, 5.74) is 1.44. The number of rotatable bonds is 4. The van der Waals surface area contributed by atoms with Crippen LogP contribution in [0.5, 0.6) is 0 Å². The number of thioether (sulfide) groups is 1. The van der Waals surface area contributed by atoms with Gasteiger partial charge in [0.2, 0.25) is 0 Å². The lowest BCUT2D eigenvalue weighted by Crippen LogP contribution is -2.19. The molecule has 1 atom stereocenters. The van der Waals surface area contributed by atoms with Crippen LogP contribution in [0.15, 0.2) is 52.6 Å².